The zero-order chi connectivity index (χ0) is 26.5. The molecule has 10 nitrogen and oxygen atoms in total. The summed E-state index contributed by atoms with van der Waals surface area (Å²) in [6, 6.07) is 1.43. The summed E-state index contributed by atoms with van der Waals surface area (Å²) in [7, 11) is 5.80. The quantitative estimate of drug-likeness (QED) is 0.359. The van der Waals surface area contributed by atoms with Crippen LogP contribution in [0, 0.1) is 9.54 Å². The number of benzene rings is 1. The van der Waals surface area contributed by atoms with Gasteiger partial charge in [-0.2, -0.15) is 0 Å². The van der Waals surface area contributed by atoms with E-state index in [4.69, 9.17) is 29.2 Å². The van der Waals surface area contributed by atoms with Crippen molar-refractivity contribution in [3.63, 3.8) is 0 Å². The Balaban J connectivity index is 2.67. The number of hydrogen-bond donors (Lipinski definition) is 3. The fourth-order valence-electron chi connectivity index (χ4n) is 3.77. The minimum atomic E-state index is -1.33. The van der Waals surface area contributed by atoms with Crippen LogP contribution in [0.3, 0.4) is 0 Å². The highest BCUT2D eigenvalue weighted by molar-refractivity contribution is 9.13. The summed E-state index contributed by atoms with van der Waals surface area (Å²) in [5.74, 6) is -2.48. The smallest absolute Gasteiger partial charge is 0.262 e. The van der Waals surface area contributed by atoms with Gasteiger partial charge in [0, 0.05) is 32.7 Å². The second-order valence-electron chi connectivity index (χ2n) is 7.69. The van der Waals surface area contributed by atoms with Crippen molar-refractivity contribution in [3.8, 4) is 23.3 Å². The van der Waals surface area contributed by atoms with Crippen molar-refractivity contribution in [2.45, 2.75) is 12.8 Å². The summed E-state index contributed by atoms with van der Waals surface area (Å²) in [5.41, 5.74) is -1.58. The van der Waals surface area contributed by atoms with Crippen molar-refractivity contribution >= 4 is 56.3 Å². The van der Waals surface area contributed by atoms with Crippen LogP contribution in [0.2, 0.25) is 0 Å². The Labute approximate surface area is 226 Å². The lowest BCUT2D eigenvalue weighted by Crippen LogP contribution is -2.33. The van der Waals surface area contributed by atoms with Gasteiger partial charge in [0.25, 0.3) is 11.1 Å². The lowest BCUT2D eigenvalue weighted by Gasteiger charge is -2.25. The first-order chi connectivity index (χ1) is 16.3. The molecule has 1 aromatic carbocycles. The van der Waals surface area contributed by atoms with Crippen molar-refractivity contribution < 1.29 is 20.1 Å². The molecule has 0 bridgehead atoms. The van der Waals surface area contributed by atoms with Crippen molar-refractivity contribution in [2.75, 3.05) is 6.61 Å². The predicted molar refractivity (Wildman–Crippen MR) is 142 cm³/mol. The van der Waals surface area contributed by atoms with Gasteiger partial charge in [-0.05, 0) is 74.8 Å². The molecule has 0 aliphatic rings. The molecule has 3 rings (SSSR count). The molecule has 14 heteroatoms. The third kappa shape index (κ3) is 4.26. The summed E-state index contributed by atoms with van der Waals surface area (Å²) in [4.78, 5) is 27.0. The summed E-state index contributed by atoms with van der Waals surface area (Å²) in [6.45, 7) is 1.94. The van der Waals surface area contributed by atoms with Crippen molar-refractivity contribution in [3.05, 3.63) is 62.0 Å². The van der Waals surface area contributed by atoms with Crippen LogP contribution in [0.25, 0.3) is 0 Å². The van der Waals surface area contributed by atoms with Gasteiger partial charge in [-0.3, -0.25) is 27.9 Å². The maximum absolute atomic E-state index is 13.5. The average Bonchev–Trinajstić information content (AvgIpc) is 2.83. The van der Waals surface area contributed by atoms with E-state index in [1.807, 2.05) is 0 Å². The molecule has 188 valence electrons. The number of nitrogens with zero attached hydrogens (tertiary/aromatic N) is 4. The van der Waals surface area contributed by atoms with Gasteiger partial charge in [0.15, 0.2) is 21.0 Å². The Kier molecular flexibility index (Phi) is 7.70. The van der Waals surface area contributed by atoms with Crippen LogP contribution < -0.4 is 15.9 Å². The van der Waals surface area contributed by atoms with Gasteiger partial charge >= 0.3 is 0 Å². The van der Waals surface area contributed by atoms with E-state index in [0.717, 1.165) is 9.13 Å². The molecule has 0 aliphatic heterocycles. The Hall–Kier alpha value is -2.42. The second kappa shape index (κ2) is 9.91. The van der Waals surface area contributed by atoms with Crippen LogP contribution in [0.4, 0.5) is 0 Å². The van der Waals surface area contributed by atoms with E-state index in [9.17, 15) is 24.9 Å². The number of rotatable bonds is 5. The minimum Gasteiger partial charge on any atom is -0.503 e. The van der Waals surface area contributed by atoms with E-state index < -0.39 is 28.8 Å². The molecule has 0 amide bonds. The Morgan fingerprint density at radius 2 is 1.29 bits per heavy atom. The molecule has 3 N–H and O–H groups in total. The van der Waals surface area contributed by atoms with Gasteiger partial charge in [-0.15, -0.1) is 0 Å². The highest BCUT2D eigenvalue weighted by Crippen LogP contribution is 2.48. The van der Waals surface area contributed by atoms with Gasteiger partial charge in [-0.1, -0.05) is 0 Å². The normalized spacial score (nSPS) is 11.3. The van der Waals surface area contributed by atoms with Crippen molar-refractivity contribution in [1.82, 2.24) is 18.3 Å². The zero-order valence-corrected chi connectivity index (χ0v) is 24.1. The highest BCUT2D eigenvalue weighted by Gasteiger charge is 2.35. The van der Waals surface area contributed by atoms with E-state index in [0.29, 0.717) is 0 Å². The number of halogens is 2. The number of phenols is 1. The van der Waals surface area contributed by atoms with E-state index >= 15 is 0 Å². The number of hydrogen-bond acceptors (Lipinski definition) is 8. The number of ether oxygens (including phenoxy) is 1. The van der Waals surface area contributed by atoms with Crippen LogP contribution in [-0.4, -0.2) is 40.2 Å². The molecule has 0 saturated carbocycles. The summed E-state index contributed by atoms with van der Waals surface area (Å²) >= 11 is 17.2. The molecule has 35 heavy (non-hydrogen) atoms. The minimum absolute atomic E-state index is 0.0412. The molecule has 2 aromatic heterocycles. The third-order valence-corrected chi connectivity index (χ3v) is 8.95. The fourth-order valence-corrected chi connectivity index (χ4v) is 5.06. The Morgan fingerprint density at radius 1 is 0.857 bits per heavy atom. The molecule has 0 atom stereocenters. The maximum atomic E-state index is 13.5. The molecule has 0 spiro atoms. The largest absolute Gasteiger partial charge is 0.503 e. The molecule has 0 aliphatic carbocycles. The van der Waals surface area contributed by atoms with Crippen LogP contribution in [0.5, 0.6) is 23.3 Å². The molecular formula is C21H22Br2N4O6S2. The second-order valence-corrected chi connectivity index (χ2v) is 10.0. The molecule has 0 saturated heterocycles. The first kappa shape index (κ1) is 27.2. The molecule has 0 radical (unpaired) electrons. The Bertz CT molecular complexity index is 1520. The van der Waals surface area contributed by atoms with Gasteiger partial charge in [-0.25, -0.2) is 0 Å². The molecular weight excluding hydrogens is 628 g/mol. The molecule has 3 aromatic rings. The molecule has 0 unspecified atom stereocenters. The van der Waals surface area contributed by atoms with Crippen LogP contribution >= 0.6 is 56.3 Å². The van der Waals surface area contributed by atoms with Gasteiger partial charge < -0.3 is 20.1 Å². The lowest BCUT2D eigenvalue weighted by atomic mass is 9.86. The topological polar surface area (TPSA) is 124 Å². The van der Waals surface area contributed by atoms with Gasteiger partial charge in [0.2, 0.25) is 11.8 Å². The van der Waals surface area contributed by atoms with Crippen molar-refractivity contribution in [1.29, 1.82) is 0 Å². The first-order valence-corrected chi connectivity index (χ1v) is 12.5. The van der Waals surface area contributed by atoms with E-state index in [-0.39, 0.29) is 53.3 Å². The standard InChI is InChI=1S/C21H22Br2N4O6S2/c1-6-33-9-7-8(13(22)14(23)15(9)28)10(11-16(29)24(2)20(34)25(3)17(11)30)12-18(31)26(4)21(35)27(5)19(12)32/h7,10,28-29,31H,6H2,1-5H3. The first-order valence-electron chi connectivity index (χ1n) is 10.1. The summed E-state index contributed by atoms with van der Waals surface area (Å²) in [6.07, 6.45) is 0. The monoisotopic (exact) mass is 648 g/mol. The number of aromatic nitrogens is 4. The predicted octanol–water partition coefficient (Wildman–Crippen LogP) is 3.44. The number of aromatic hydroxyl groups is 3. The lowest BCUT2D eigenvalue weighted by molar-refractivity contribution is 0.316. The number of phenolic OH excluding ortho intramolecular Hbond substituents is 1. The Morgan fingerprint density at radius 3 is 1.69 bits per heavy atom. The van der Waals surface area contributed by atoms with Crippen molar-refractivity contribution in [2.24, 2.45) is 28.2 Å². The molecule has 0 fully saturated rings. The highest BCUT2D eigenvalue weighted by atomic mass is 79.9. The van der Waals surface area contributed by atoms with Gasteiger partial charge in [0.05, 0.1) is 28.1 Å². The maximum Gasteiger partial charge on any atom is 0.262 e. The van der Waals surface area contributed by atoms with Crippen LogP contribution in [0.1, 0.15) is 29.5 Å². The van der Waals surface area contributed by atoms with Crippen LogP contribution in [-0.2, 0) is 28.2 Å². The zero-order valence-electron chi connectivity index (χ0n) is 19.3. The van der Waals surface area contributed by atoms with Crippen LogP contribution in [0.15, 0.2) is 24.6 Å². The summed E-state index contributed by atoms with van der Waals surface area (Å²) < 4.78 is 10.8. The van der Waals surface area contributed by atoms with E-state index in [1.165, 1.54) is 43.4 Å². The average molecular weight is 650 g/mol. The fraction of sp³-hybridized carbons (Fsp3) is 0.333. The third-order valence-electron chi connectivity index (χ3n) is 5.70. The summed E-state index contributed by atoms with van der Waals surface area (Å²) in [5, 5.41) is 32.7. The van der Waals surface area contributed by atoms with E-state index in [2.05, 4.69) is 31.9 Å². The van der Waals surface area contributed by atoms with E-state index in [1.54, 1.807) is 6.92 Å². The molecule has 2 heterocycles. The van der Waals surface area contributed by atoms with Gasteiger partial charge in [0.1, 0.15) is 0 Å². The SMILES string of the molecule is CCOc1cc(C(c2c(O)n(C)c(=S)n(C)c2=O)c2c(O)n(C)c(=S)n(C)c2=O)c(Br)c(Br)c1O.